The predicted octanol–water partition coefficient (Wildman–Crippen LogP) is 4.61. The van der Waals surface area contributed by atoms with E-state index in [1.165, 1.54) is 0 Å². The fourth-order valence-corrected chi connectivity index (χ4v) is 2.29. The number of nitrogens with zero attached hydrogens (tertiary/aromatic N) is 3. The van der Waals surface area contributed by atoms with Gasteiger partial charge in [0.15, 0.2) is 0 Å². The molecule has 1 amide bonds. The van der Waals surface area contributed by atoms with E-state index in [1.807, 2.05) is 44.3 Å². The van der Waals surface area contributed by atoms with E-state index in [1.54, 1.807) is 23.2 Å². The monoisotopic (exact) mass is 344 g/mol. The zero-order valence-corrected chi connectivity index (χ0v) is 14.6. The van der Waals surface area contributed by atoms with E-state index in [0.29, 0.717) is 29.4 Å². The average Bonchev–Trinajstić information content (AvgIpc) is 2.59. The number of hydrogen-bond donors (Lipinski definition) is 1. The van der Waals surface area contributed by atoms with Crippen molar-refractivity contribution in [1.29, 1.82) is 0 Å². The molecule has 0 spiro atoms. The number of benzene rings is 2. The molecular weight excluding hydrogens is 324 g/mol. The van der Waals surface area contributed by atoms with Crippen molar-refractivity contribution < 1.29 is 4.79 Å². The molecule has 0 radical (unpaired) electrons. The van der Waals surface area contributed by atoms with Crippen molar-refractivity contribution in [2.45, 2.75) is 19.9 Å². The van der Waals surface area contributed by atoms with Crippen LogP contribution >= 0.6 is 11.6 Å². The molecule has 0 saturated carbocycles. The van der Waals surface area contributed by atoms with Crippen LogP contribution in [0, 0.1) is 0 Å². The number of hydrogen-bond acceptors (Lipinski definition) is 3. The summed E-state index contributed by atoms with van der Waals surface area (Å²) < 4.78 is 0. The summed E-state index contributed by atoms with van der Waals surface area (Å²) in [5, 5.41) is 13.4. The quantitative estimate of drug-likeness (QED) is 0.589. The van der Waals surface area contributed by atoms with Gasteiger partial charge in [-0.15, -0.1) is 5.11 Å². The molecule has 0 unspecified atom stereocenters. The molecule has 24 heavy (non-hydrogen) atoms. The average molecular weight is 345 g/mol. The minimum absolute atomic E-state index is 0.195. The van der Waals surface area contributed by atoms with E-state index in [9.17, 15) is 4.79 Å². The van der Waals surface area contributed by atoms with Crippen LogP contribution in [0.2, 0.25) is 5.02 Å². The Bertz CT molecular complexity index is 703. The van der Waals surface area contributed by atoms with Crippen LogP contribution in [0.15, 0.2) is 58.9 Å². The maximum Gasteiger partial charge on any atom is 0.253 e. The number of carbonyl (C=O) groups is 1. The van der Waals surface area contributed by atoms with Crippen LogP contribution in [-0.2, 0) is 6.54 Å². The first kappa shape index (κ1) is 17.9. The highest BCUT2D eigenvalue weighted by molar-refractivity contribution is 6.31. The number of nitrogens with one attached hydrogen (secondary N) is 1. The first-order chi connectivity index (χ1) is 11.6. The van der Waals surface area contributed by atoms with E-state index >= 15 is 0 Å². The molecule has 0 saturated heterocycles. The molecule has 0 aromatic heterocycles. The van der Waals surface area contributed by atoms with Gasteiger partial charge in [0.25, 0.3) is 5.91 Å². The van der Waals surface area contributed by atoms with Gasteiger partial charge in [-0.25, -0.2) is 0 Å². The number of halogens is 1. The molecule has 1 N–H and O–H groups in total. The Kier molecular flexibility index (Phi) is 6.75. The SMILES string of the molecule is CCCNC(=O)c1cc(Cl)ccc1N=NN(C)Cc1ccccc1. The summed E-state index contributed by atoms with van der Waals surface area (Å²) in [6, 6.07) is 15.0. The number of amides is 1. The maximum absolute atomic E-state index is 12.2. The third kappa shape index (κ3) is 5.35. The Balaban J connectivity index is 2.11. The minimum atomic E-state index is -0.195. The van der Waals surface area contributed by atoms with Gasteiger partial charge in [-0.05, 0) is 30.2 Å². The number of carbonyl (C=O) groups excluding carboxylic acids is 1. The van der Waals surface area contributed by atoms with Crippen LogP contribution < -0.4 is 5.32 Å². The Morgan fingerprint density at radius 2 is 1.96 bits per heavy atom. The zero-order chi connectivity index (χ0) is 17.4. The summed E-state index contributed by atoms with van der Waals surface area (Å²) in [6.07, 6.45) is 0.864. The second kappa shape index (κ2) is 9.03. The van der Waals surface area contributed by atoms with Crippen LogP contribution in [0.25, 0.3) is 0 Å². The van der Waals surface area contributed by atoms with Gasteiger partial charge in [0, 0.05) is 18.6 Å². The summed E-state index contributed by atoms with van der Waals surface area (Å²) in [4.78, 5) is 12.2. The summed E-state index contributed by atoms with van der Waals surface area (Å²) in [5.74, 6) is -0.195. The predicted molar refractivity (Wildman–Crippen MR) is 96.5 cm³/mol. The van der Waals surface area contributed by atoms with Crippen molar-refractivity contribution in [3.63, 3.8) is 0 Å². The molecule has 2 rings (SSSR count). The van der Waals surface area contributed by atoms with Gasteiger partial charge in [-0.1, -0.05) is 54.1 Å². The van der Waals surface area contributed by atoms with Gasteiger partial charge in [-0.2, -0.15) is 0 Å². The van der Waals surface area contributed by atoms with Crippen molar-refractivity contribution in [1.82, 2.24) is 10.3 Å². The molecule has 2 aromatic rings. The van der Waals surface area contributed by atoms with E-state index in [4.69, 9.17) is 11.6 Å². The smallest absolute Gasteiger partial charge is 0.253 e. The molecule has 0 bridgehead atoms. The molecule has 126 valence electrons. The highest BCUT2D eigenvalue weighted by atomic mass is 35.5. The third-order valence-corrected chi connectivity index (χ3v) is 3.53. The molecule has 5 nitrogen and oxygen atoms in total. The topological polar surface area (TPSA) is 57.1 Å². The summed E-state index contributed by atoms with van der Waals surface area (Å²) in [6.45, 7) is 3.24. The lowest BCUT2D eigenvalue weighted by atomic mass is 10.1. The van der Waals surface area contributed by atoms with Gasteiger partial charge in [0.1, 0.15) is 5.69 Å². The summed E-state index contributed by atoms with van der Waals surface area (Å²) in [5.41, 5.74) is 2.05. The second-order valence-electron chi connectivity index (χ2n) is 5.41. The lowest BCUT2D eigenvalue weighted by Gasteiger charge is -2.12. The molecule has 0 heterocycles. The first-order valence-electron chi connectivity index (χ1n) is 7.84. The number of rotatable bonds is 7. The molecular formula is C18H21ClN4O. The Morgan fingerprint density at radius 1 is 1.21 bits per heavy atom. The van der Waals surface area contributed by atoms with Crippen LogP contribution in [0.3, 0.4) is 0 Å². The van der Waals surface area contributed by atoms with Crippen molar-refractivity contribution in [3.05, 3.63) is 64.7 Å². The lowest BCUT2D eigenvalue weighted by Crippen LogP contribution is -2.24. The fraction of sp³-hybridized carbons (Fsp3) is 0.278. The van der Waals surface area contributed by atoms with Gasteiger partial charge in [0.2, 0.25) is 0 Å². The Hall–Kier alpha value is -2.40. The highest BCUT2D eigenvalue weighted by Crippen LogP contribution is 2.24. The highest BCUT2D eigenvalue weighted by Gasteiger charge is 2.11. The Morgan fingerprint density at radius 3 is 2.67 bits per heavy atom. The molecule has 2 aromatic carbocycles. The zero-order valence-electron chi connectivity index (χ0n) is 13.9. The van der Waals surface area contributed by atoms with Gasteiger partial charge in [0.05, 0.1) is 12.1 Å². The van der Waals surface area contributed by atoms with Crippen molar-refractivity contribution in [2.75, 3.05) is 13.6 Å². The minimum Gasteiger partial charge on any atom is -0.352 e. The van der Waals surface area contributed by atoms with Crippen LogP contribution in [-0.4, -0.2) is 24.5 Å². The maximum atomic E-state index is 12.2. The fourth-order valence-electron chi connectivity index (χ4n) is 2.11. The van der Waals surface area contributed by atoms with Crippen LogP contribution in [0.4, 0.5) is 5.69 Å². The van der Waals surface area contributed by atoms with E-state index in [0.717, 1.165) is 12.0 Å². The Labute approximate surface area is 147 Å². The second-order valence-corrected chi connectivity index (χ2v) is 5.84. The van der Waals surface area contributed by atoms with Crippen molar-refractivity contribution in [2.24, 2.45) is 10.3 Å². The molecule has 0 aliphatic rings. The molecule has 0 aliphatic heterocycles. The standard InChI is InChI=1S/C18H21ClN4O/c1-3-11-20-18(24)16-12-15(19)9-10-17(16)21-22-23(2)13-14-7-5-4-6-8-14/h4-10,12H,3,11,13H2,1-2H3,(H,20,24). The summed E-state index contributed by atoms with van der Waals surface area (Å²) >= 11 is 6.00. The summed E-state index contributed by atoms with van der Waals surface area (Å²) in [7, 11) is 1.84. The molecule has 0 fully saturated rings. The third-order valence-electron chi connectivity index (χ3n) is 3.30. The van der Waals surface area contributed by atoms with Gasteiger partial charge >= 0.3 is 0 Å². The van der Waals surface area contributed by atoms with Crippen molar-refractivity contribution >= 4 is 23.2 Å². The van der Waals surface area contributed by atoms with E-state index in [-0.39, 0.29) is 5.91 Å². The molecule has 0 aliphatic carbocycles. The normalized spacial score (nSPS) is 10.8. The van der Waals surface area contributed by atoms with Crippen LogP contribution in [0.5, 0.6) is 0 Å². The van der Waals surface area contributed by atoms with E-state index < -0.39 is 0 Å². The van der Waals surface area contributed by atoms with Gasteiger partial charge in [-0.3, -0.25) is 9.80 Å². The van der Waals surface area contributed by atoms with Gasteiger partial charge < -0.3 is 5.32 Å². The van der Waals surface area contributed by atoms with Crippen LogP contribution in [0.1, 0.15) is 29.3 Å². The first-order valence-corrected chi connectivity index (χ1v) is 8.22. The largest absolute Gasteiger partial charge is 0.352 e. The van der Waals surface area contributed by atoms with E-state index in [2.05, 4.69) is 15.7 Å². The van der Waals surface area contributed by atoms with Crippen molar-refractivity contribution in [3.8, 4) is 0 Å². The molecule has 0 atom stereocenters. The molecule has 6 heteroatoms. The lowest BCUT2D eigenvalue weighted by molar-refractivity contribution is 0.0954.